The number of likely N-dealkylation sites (tertiary alicyclic amines) is 1. The molecule has 1 aliphatic heterocycles. The van der Waals surface area contributed by atoms with Gasteiger partial charge >= 0.3 is 0 Å². The number of hydrogen-bond acceptors (Lipinski definition) is 3. The second kappa shape index (κ2) is 7.32. The van der Waals surface area contributed by atoms with E-state index in [1.165, 1.54) is 19.2 Å². The van der Waals surface area contributed by atoms with Gasteiger partial charge in [0.15, 0.2) is 0 Å². The fraction of sp³-hybridized carbons (Fsp3) is 0.650. The third-order valence-electron chi connectivity index (χ3n) is 5.92. The highest BCUT2D eigenvalue weighted by atomic mass is 19.1. The molecule has 5 heteroatoms. The Kier molecular flexibility index (Phi) is 5.32. The predicted octanol–water partition coefficient (Wildman–Crippen LogP) is 3.31. The van der Waals surface area contributed by atoms with Crippen molar-refractivity contribution >= 4 is 5.91 Å². The molecule has 3 rings (SSSR count). The van der Waals surface area contributed by atoms with Crippen LogP contribution < -0.4 is 4.74 Å². The normalized spacial score (nSPS) is 29.7. The zero-order valence-electron chi connectivity index (χ0n) is 15.1. The van der Waals surface area contributed by atoms with Gasteiger partial charge in [0, 0.05) is 24.1 Å². The molecule has 2 aliphatic rings. The van der Waals surface area contributed by atoms with E-state index in [9.17, 15) is 14.3 Å². The van der Waals surface area contributed by atoms with Gasteiger partial charge in [-0.1, -0.05) is 12.8 Å². The lowest BCUT2D eigenvalue weighted by molar-refractivity contribution is -0.135. The van der Waals surface area contributed by atoms with Crippen LogP contribution in [0.15, 0.2) is 18.2 Å². The largest absolute Gasteiger partial charge is 0.496 e. The number of aliphatic hydroxyl groups is 1. The van der Waals surface area contributed by atoms with Crippen molar-refractivity contribution in [2.24, 2.45) is 5.92 Å². The Morgan fingerprint density at radius 3 is 2.88 bits per heavy atom. The molecule has 25 heavy (non-hydrogen) atoms. The molecule has 1 heterocycles. The minimum Gasteiger partial charge on any atom is -0.496 e. The molecule has 1 saturated carbocycles. The molecule has 0 aromatic heterocycles. The average Bonchev–Trinajstić information content (AvgIpc) is 3.04. The summed E-state index contributed by atoms with van der Waals surface area (Å²) in [5.74, 6) is 0.293. The molecule has 2 fully saturated rings. The monoisotopic (exact) mass is 349 g/mol. The van der Waals surface area contributed by atoms with Crippen LogP contribution >= 0.6 is 0 Å². The van der Waals surface area contributed by atoms with Gasteiger partial charge in [0.2, 0.25) is 5.91 Å². The molecule has 1 aromatic carbocycles. The number of nitrogens with zero attached hydrogens (tertiary/aromatic N) is 1. The number of benzene rings is 1. The van der Waals surface area contributed by atoms with E-state index in [1.54, 1.807) is 6.07 Å². The maximum absolute atomic E-state index is 13.6. The Hall–Kier alpha value is -1.62. The van der Waals surface area contributed by atoms with Crippen molar-refractivity contribution in [3.8, 4) is 5.75 Å². The lowest BCUT2D eigenvalue weighted by atomic mass is 9.72. The Labute approximate surface area is 149 Å². The predicted molar refractivity (Wildman–Crippen MR) is 94.0 cm³/mol. The molecular formula is C20H28FNO3. The van der Waals surface area contributed by atoms with Crippen LogP contribution in [0.2, 0.25) is 0 Å². The Morgan fingerprint density at radius 1 is 1.36 bits per heavy atom. The van der Waals surface area contributed by atoms with Crippen LogP contribution in [0.1, 0.15) is 51.0 Å². The van der Waals surface area contributed by atoms with E-state index in [0.717, 1.165) is 38.5 Å². The van der Waals surface area contributed by atoms with Gasteiger partial charge in [0.1, 0.15) is 11.6 Å². The Balaban J connectivity index is 1.76. The van der Waals surface area contributed by atoms with Crippen LogP contribution in [0.5, 0.6) is 5.75 Å². The molecule has 1 N–H and O–H groups in total. The van der Waals surface area contributed by atoms with Crippen molar-refractivity contribution in [2.45, 2.75) is 63.5 Å². The summed E-state index contributed by atoms with van der Waals surface area (Å²) in [7, 11) is 1.53. The standard InChI is InChI=1S/C20H28FNO3/c1-20(24)10-4-3-6-16(20)17-7-5-11-22(17)19(23)13-14-12-15(21)8-9-18(14)25-2/h8-9,12,16-17,24H,3-7,10-11,13H2,1-2H3/t16-,17+,20+/m0/s1. The first-order valence-electron chi connectivity index (χ1n) is 9.26. The summed E-state index contributed by atoms with van der Waals surface area (Å²) < 4.78 is 18.8. The number of methoxy groups -OCH3 is 1. The van der Waals surface area contributed by atoms with Gasteiger partial charge in [-0.2, -0.15) is 0 Å². The van der Waals surface area contributed by atoms with E-state index in [1.807, 2.05) is 11.8 Å². The van der Waals surface area contributed by atoms with Crippen molar-refractivity contribution in [2.75, 3.05) is 13.7 Å². The summed E-state index contributed by atoms with van der Waals surface area (Å²) in [4.78, 5) is 14.8. The number of rotatable bonds is 4. The fourth-order valence-electron chi connectivity index (χ4n) is 4.62. The van der Waals surface area contributed by atoms with E-state index in [-0.39, 0.29) is 30.1 Å². The summed E-state index contributed by atoms with van der Waals surface area (Å²) in [6, 6.07) is 4.36. The molecule has 138 valence electrons. The number of carbonyl (C=O) groups is 1. The second-order valence-electron chi connectivity index (χ2n) is 7.64. The zero-order chi connectivity index (χ0) is 18.0. The average molecular weight is 349 g/mol. The van der Waals surface area contributed by atoms with E-state index < -0.39 is 5.60 Å². The quantitative estimate of drug-likeness (QED) is 0.907. The van der Waals surface area contributed by atoms with Crippen LogP contribution in [0.3, 0.4) is 0 Å². The van der Waals surface area contributed by atoms with Gasteiger partial charge in [0.25, 0.3) is 0 Å². The van der Waals surface area contributed by atoms with Crippen molar-refractivity contribution in [3.63, 3.8) is 0 Å². The van der Waals surface area contributed by atoms with Gasteiger partial charge in [-0.3, -0.25) is 4.79 Å². The maximum Gasteiger partial charge on any atom is 0.227 e. The van der Waals surface area contributed by atoms with Crippen LogP contribution in [0.25, 0.3) is 0 Å². The number of halogens is 1. The summed E-state index contributed by atoms with van der Waals surface area (Å²) in [5.41, 5.74) is -0.129. The summed E-state index contributed by atoms with van der Waals surface area (Å²) >= 11 is 0. The van der Waals surface area contributed by atoms with Crippen LogP contribution in [-0.4, -0.2) is 41.2 Å². The maximum atomic E-state index is 13.6. The molecular weight excluding hydrogens is 321 g/mol. The van der Waals surface area contributed by atoms with Crippen molar-refractivity contribution in [1.82, 2.24) is 4.90 Å². The molecule has 0 bridgehead atoms. The second-order valence-corrected chi connectivity index (χ2v) is 7.64. The summed E-state index contributed by atoms with van der Waals surface area (Å²) in [6.45, 7) is 2.63. The highest BCUT2D eigenvalue weighted by Crippen LogP contribution is 2.41. The fourth-order valence-corrected chi connectivity index (χ4v) is 4.62. The van der Waals surface area contributed by atoms with E-state index in [0.29, 0.717) is 17.9 Å². The topological polar surface area (TPSA) is 49.8 Å². The molecule has 0 spiro atoms. The van der Waals surface area contributed by atoms with Crippen molar-refractivity contribution in [3.05, 3.63) is 29.6 Å². The van der Waals surface area contributed by atoms with Crippen LogP contribution in [0.4, 0.5) is 4.39 Å². The summed E-state index contributed by atoms with van der Waals surface area (Å²) in [5, 5.41) is 10.8. The van der Waals surface area contributed by atoms with Crippen molar-refractivity contribution in [1.29, 1.82) is 0 Å². The minimum absolute atomic E-state index is 0.00669. The first-order valence-corrected chi connectivity index (χ1v) is 9.26. The molecule has 4 nitrogen and oxygen atoms in total. The van der Waals surface area contributed by atoms with E-state index in [2.05, 4.69) is 0 Å². The lowest BCUT2D eigenvalue weighted by Crippen LogP contribution is -2.50. The van der Waals surface area contributed by atoms with Gasteiger partial charge in [0.05, 0.1) is 19.1 Å². The highest BCUT2D eigenvalue weighted by Gasteiger charge is 2.44. The first-order chi connectivity index (χ1) is 11.9. The van der Waals surface area contributed by atoms with Crippen LogP contribution in [0, 0.1) is 11.7 Å². The third-order valence-corrected chi connectivity index (χ3v) is 5.92. The number of carbonyl (C=O) groups excluding carboxylic acids is 1. The lowest BCUT2D eigenvalue weighted by Gasteiger charge is -2.43. The van der Waals surface area contributed by atoms with Crippen LogP contribution in [-0.2, 0) is 11.2 Å². The van der Waals surface area contributed by atoms with Gasteiger partial charge < -0.3 is 14.7 Å². The zero-order valence-corrected chi connectivity index (χ0v) is 15.1. The van der Waals surface area contributed by atoms with Crippen molar-refractivity contribution < 1.29 is 19.0 Å². The molecule has 0 unspecified atom stereocenters. The number of ether oxygens (including phenoxy) is 1. The minimum atomic E-state index is -0.706. The molecule has 0 radical (unpaired) electrons. The molecule has 1 saturated heterocycles. The summed E-state index contributed by atoms with van der Waals surface area (Å²) in [6.07, 6.45) is 5.95. The number of hydrogen-bond donors (Lipinski definition) is 1. The van der Waals surface area contributed by atoms with Gasteiger partial charge in [-0.05, 0) is 50.8 Å². The van der Waals surface area contributed by atoms with E-state index in [4.69, 9.17) is 4.74 Å². The third kappa shape index (κ3) is 3.81. The first kappa shape index (κ1) is 18.2. The Morgan fingerprint density at radius 2 is 2.16 bits per heavy atom. The molecule has 3 atom stereocenters. The number of amides is 1. The molecule has 1 aliphatic carbocycles. The Bertz CT molecular complexity index is 631. The molecule has 1 amide bonds. The van der Waals surface area contributed by atoms with Gasteiger partial charge in [-0.15, -0.1) is 0 Å². The van der Waals surface area contributed by atoms with Gasteiger partial charge in [-0.25, -0.2) is 4.39 Å². The smallest absolute Gasteiger partial charge is 0.227 e. The SMILES string of the molecule is COc1ccc(F)cc1CC(=O)N1CCC[C@@H]1[C@@H]1CCCC[C@@]1(C)O. The highest BCUT2D eigenvalue weighted by molar-refractivity contribution is 5.80. The van der Waals surface area contributed by atoms with E-state index >= 15 is 0 Å². The molecule has 1 aromatic rings.